The molecule has 0 amide bonds. The van der Waals surface area contributed by atoms with Gasteiger partial charge < -0.3 is 18.6 Å². The average Bonchev–Trinajstić information content (AvgIpc) is 4.21. The third-order valence-corrected chi connectivity index (χ3v) is 14.5. The molecule has 3 aromatic heterocycles. The summed E-state index contributed by atoms with van der Waals surface area (Å²) in [5.41, 5.74) is 20.1. The molecule has 0 bridgehead atoms. The molecule has 2 atom stereocenters. The van der Waals surface area contributed by atoms with Gasteiger partial charge in [-0.1, -0.05) is 149 Å². The topological polar surface area (TPSA) is 18.0 Å². The van der Waals surface area contributed by atoms with Gasteiger partial charge in [0, 0.05) is 66.5 Å². The van der Waals surface area contributed by atoms with E-state index in [0.717, 1.165) is 0 Å². The molecule has 12 aromatic rings. The number of rotatable bonds is 4. The van der Waals surface area contributed by atoms with Crippen molar-refractivity contribution in [3.05, 3.63) is 230 Å². The molecule has 9 aromatic carbocycles. The van der Waals surface area contributed by atoms with Crippen molar-refractivity contribution in [3.8, 4) is 28.2 Å². The van der Waals surface area contributed by atoms with Crippen molar-refractivity contribution in [2.45, 2.75) is 39.7 Å². The average molecular weight is 875 g/mol. The lowest BCUT2D eigenvalue weighted by atomic mass is 9.83. The number of hydrogen-bond donors (Lipinski definition) is 0. The van der Waals surface area contributed by atoms with Crippen LogP contribution in [0.15, 0.2) is 218 Å². The van der Waals surface area contributed by atoms with E-state index in [2.05, 4.69) is 237 Å². The lowest BCUT2D eigenvalue weighted by Gasteiger charge is -2.24. The molecule has 4 heteroatoms. The van der Waals surface area contributed by atoms with E-state index in [9.17, 15) is 0 Å². The van der Waals surface area contributed by atoms with E-state index in [0.29, 0.717) is 0 Å². The predicted octanol–water partition coefficient (Wildman–Crippen LogP) is 17.3. The standard InChI is InChI=1S/C60H38N4.2C2H6/c1-3-14-39(15-4-1)61-50-23-10-7-18-42(50)47-34-37(26-29-53(47)61)38-27-30-55-48(35-38)44-21-13-22-46-59-57(64(55)60(44)46)33-32-56-58(59)45-20-9-12-25-52(45)63(56)41-28-31-54-49(36-41)43-19-8-11-24-51(43)62(54)40-16-5-2-6-17-40;2*1-2/h1-36,44,60H;2*1-2H3. The first kappa shape index (κ1) is 40.0. The van der Waals surface area contributed by atoms with Crippen molar-refractivity contribution >= 4 is 82.4 Å². The van der Waals surface area contributed by atoms with Gasteiger partial charge in [-0.05, 0) is 119 Å². The van der Waals surface area contributed by atoms with Crippen LogP contribution in [-0.2, 0) is 0 Å². The molecule has 0 fully saturated rings. The highest BCUT2D eigenvalue weighted by Crippen LogP contribution is 2.60. The van der Waals surface area contributed by atoms with Gasteiger partial charge in [-0.25, -0.2) is 0 Å². The van der Waals surface area contributed by atoms with E-state index >= 15 is 0 Å². The Labute approximate surface area is 396 Å². The highest BCUT2D eigenvalue weighted by Gasteiger charge is 2.48. The van der Waals surface area contributed by atoms with E-state index in [4.69, 9.17) is 0 Å². The zero-order valence-corrected chi connectivity index (χ0v) is 38.7. The monoisotopic (exact) mass is 874 g/mol. The number of hydrogen-bond acceptors (Lipinski definition) is 1. The van der Waals surface area contributed by atoms with E-state index < -0.39 is 0 Å². The van der Waals surface area contributed by atoms with E-state index in [1.807, 2.05) is 27.7 Å². The van der Waals surface area contributed by atoms with Gasteiger partial charge in [0.25, 0.3) is 0 Å². The quantitative estimate of drug-likeness (QED) is 0.172. The van der Waals surface area contributed by atoms with Gasteiger partial charge in [0.1, 0.15) is 0 Å². The Morgan fingerprint density at radius 1 is 0.368 bits per heavy atom. The summed E-state index contributed by atoms with van der Waals surface area (Å²) >= 11 is 0. The van der Waals surface area contributed by atoms with Gasteiger partial charge in [0.05, 0.1) is 44.8 Å². The van der Waals surface area contributed by atoms with Gasteiger partial charge in [0.2, 0.25) is 0 Å². The largest absolute Gasteiger partial charge is 0.332 e. The first-order chi connectivity index (χ1) is 33.8. The van der Waals surface area contributed by atoms with Crippen molar-refractivity contribution in [3.63, 3.8) is 0 Å². The summed E-state index contributed by atoms with van der Waals surface area (Å²) in [6, 6.07) is 74.2. The number of aromatic nitrogens is 3. The van der Waals surface area contributed by atoms with E-state index in [1.54, 1.807) is 0 Å². The molecular weight excluding hydrogens is 825 g/mol. The Kier molecular flexibility index (Phi) is 9.20. The van der Waals surface area contributed by atoms with Gasteiger partial charge >= 0.3 is 0 Å². The fourth-order valence-corrected chi connectivity index (χ4v) is 11.9. The molecule has 3 aliphatic rings. The lowest BCUT2D eigenvalue weighted by molar-refractivity contribution is 0.781. The minimum Gasteiger partial charge on any atom is -0.332 e. The molecule has 0 radical (unpaired) electrons. The zero-order chi connectivity index (χ0) is 45.6. The van der Waals surface area contributed by atoms with Crippen LogP contribution in [0.4, 0.5) is 11.4 Å². The maximum atomic E-state index is 2.64. The van der Waals surface area contributed by atoms with Crippen molar-refractivity contribution in [1.29, 1.82) is 0 Å². The second-order valence-electron chi connectivity index (χ2n) is 17.6. The third kappa shape index (κ3) is 5.55. The molecule has 15 rings (SSSR count). The highest BCUT2D eigenvalue weighted by molar-refractivity contribution is 6.20. The van der Waals surface area contributed by atoms with Crippen LogP contribution in [0.5, 0.6) is 0 Å². The van der Waals surface area contributed by atoms with Crippen molar-refractivity contribution in [2.24, 2.45) is 0 Å². The first-order valence-corrected chi connectivity index (χ1v) is 24.3. The molecule has 1 aliphatic carbocycles. The van der Waals surface area contributed by atoms with Crippen LogP contribution < -0.4 is 4.90 Å². The highest BCUT2D eigenvalue weighted by atomic mass is 15.2. The summed E-state index contributed by atoms with van der Waals surface area (Å²) < 4.78 is 7.28. The number of nitrogens with zero attached hydrogens (tertiary/aromatic N) is 4. The van der Waals surface area contributed by atoms with Crippen LogP contribution >= 0.6 is 0 Å². The molecule has 2 aliphatic heterocycles. The molecule has 0 N–H and O–H groups in total. The van der Waals surface area contributed by atoms with E-state index in [1.165, 1.54) is 122 Å². The van der Waals surface area contributed by atoms with Crippen LogP contribution in [0.25, 0.3) is 99.2 Å². The summed E-state index contributed by atoms with van der Waals surface area (Å²) in [7, 11) is 0. The summed E-state index contributed by atoms with van der Waals surface area (Å²) in [6.07, 6.45) is 7.13. The molecule has 5 heterocycles. The summed E-state index contributed by atoms with van der Waals surface area (Å²) in [4.78, 5) is 2.64. The second-order valence-corrected chi connectivity index (χ2v) is 17.6. The van der Waals surface area contributed by atoms with Crippen molar-refractivity contribution in [2.75, 3.05) is 4.90 Å². The number of anilines is 2. The molecule has 0 saturated heterocycles. The molecule has 4 nitrogen and oxygen atoms in total. The maximum Gasteiger partial charge on any atom is 0.0702 e. The zero-order valence-electron chi connectivity index (χ0n) is 38.7. The SMILES string of the molecule is C1=CC2c3cc(-c4ccc5c(c4)c4ccccc4n5-c4ccccc4)ccc3N3c4ccc5c(c4C(=C1)C23)c1ccccc1n5-c1ccc2c(c1)c1ccccc1n2-c1ccccc1.CC.CC. The number of benzene rings is 9. The van der Waals surface area contributed by atoms with Crippen LogP contribution in [0.2, 0.25) is 0 Å². The normalized spacial score (nSPS) is 15.4. The number of fused-ring (bicyclic) bond motifs is 16. The second kappa shape index (κ2) is 15.6. The van der Waals surface area contributed by atoms with Gasteiger partial charge in [0.15, 0.2) is 0 Å². The van der Waals surface area contributed by atoms with Crippen molar-refractivity contribution < 1.29 is 0 Å². The van der Waals surface area contributed by atoms with E-state index in [-0.39, 0.29) is 12.0 Å². The lowest BCUT2D eigenvalue weighted by Crippen LogP contribution is -2.25. The molecule has 0 saturated carbocycles. The van der Waals surface area contributed by atoms with Crippen LogP contribution in [0.1, 0.15) is 44.7 Å². The van der Waals surface area contributed by atoms with Gasteiger partial charge in [-0.2, -0.15) is 0 Å². The smallest absolute Gasteiger partial charge is 0.0702 e. The summed E-state index contributed by atoms with van der Waals surface area (Å²) in [6.45, 7) is 8.00. The Bertz CT molecular complexity index is 4030. The third-order valence-electron chi connectivity index (χ3n) is 14.5. The minimum absolute atomic E-state index is 0.213. The molecule has 326 valence electrons. The summed E-state index contributed by atoms with van der Waals surface area (Å²) in [5, 5.41) is 7.67. The van der Waals surface area contributed by atoms with Crippen LogP contribution in [-0.4, -0.2) is 19.7 Å². The Morgan fingerprint density at radius 3 is 1.51 bits per heavy atom. The fourth-order valence-electron chi connectivity index (χ4n) is 11.9. The number of allylic oxidation sites excluding steroid dienone is 2. The summed E-state index contributed by atoms with van der Waals surface area (Å²) in [5.74, 6) is 0.249. The van der Waals surface area contributed by atoms with Gasteiger partial charge in [-0.15, -0.1) is 0 Å². The first-order valence-electron chi connectivity index (χ1n) is 24.3. The van der Waals surface area contributed by atoms with Crippen LogP contribution in [0, 0.1) is 0 Å². The van der Waals surface area contributed by atoms with Crippen molar-refractivity contribution in [1.82, 2.24) is 13.7 Å². The minimum atomic E-state index is 0.213. The maximum absolute atomic E-state index is 2.64. The molecule has 2 unspecified atom stereocenters. The molecule has 68 heavy (non-hydrogen) atoms. The number of para-hydroxylation sites is 5. The van der Waals surface area contributed by atoms with Gasteiger partial charge in [-0.3, -0.25) is 0 Å². The molecule has 0 spiro atoms. The Hall–Kier alpha value is -8.34. The predicted molar refractivity (Wildman–Crippen MR) is 290 cm³/mol. The molecular formula is C64H50N4. The Balaban J connectivity index is 0.00000112. The Morgan fingerprint density at radius 2 is 0.853 bits per heavy atom. The fraction of sp³-hybridized carbons (Fsp3) is 0.0938. The van der Waals surface area contributed by atoms with Crippen LogP contribution in [0.3, 0.4) is 0 Å².